The quantitative estimate of drug-likeness (QED) is 0.0548. The fourth-order valence-electron chi connectivity index (χ4n) is 5.57. The molecule has 5 rings (SSSR count). The zero-order valence-corrected chi connectivity index (χ0v) is 28.8. The van der Waals surface area contributed by atoms with E-state index in [4.69, 9.17) is 23.7 Å². The number of rotatable bonds is 23. The van der Waals surface area contributed by atoms with Crippen LogP contribution in [0.5, 0.6) is 23.0 Å². The molecule has 7 nitrogen and oxygen atoms in total. The summed E-state index contributed by atoms with van der Waals surface area (Å²) < 4.78 is 29.4. The van der Waals surface area contributed by atoms with Crippen LogP contribution in [0.15, 0.2) is 140 Å². The summed E-state index contributed by atoms with van der Waals surface area (Å²) in [7, 11) is 0. The number of aliphatic hydroxyl groups excluding tert-OH is 1. The van der Waals surface area contributed by atoms with Gasteiger partial charge in [-0.3, -0.25) is 4.90 Å². The number of nitrogens with zero attached hydrogens (tertiary/aromatic N) is 1. The average Bonchev–Trinajstić information content (AvgIpc) is 3.16. The van der Waals surface area contributed by atoms with Crippen LogP contribution < -0.4 is 18.9 Å². The van der Waals surface area contributed by atoms with E-state index in [1.807, 2.05) is 84.9 Å². The monoisotopic (exact) mass is 675 g/mol. The average molecular weight is 676 g/mol. The molecule has 0 radical (unpaired) electrons. The third-order valence-corrected chi connectivity index (χ3v) is 8.25. The fourth-order valence-corrected chi connectivity index (χ4v) is 5.57. The minimum absolute atomic E-state index is 0.0156. The molecule has 0 spiro atoms. The van der Waals surface area contributed by atoms with Crippen molar-refractivity contribution in [1.29, 1.82) is 0 Å². The third-order valence-electron chi connectivity index (χ3n) is 8.25. The number of unbranched alkanes of at least 4 members (excludes halogenated alkanes) is 3. The Bertz CT molecular complexity index is 1540. The van der Waals surface area contributed by atoms with Crippen molar-refractivity contribution in [3.05, 3.63) is 156 Å². The van der Waals surface area contributed by atoms with Crippen molar-refractivity contribution >= 4 is 0 Å². The van der Waals surface area contributed by atoms with Gasteiger partial charge in [0.05, 0.1) is 12.7 Å². The summed E-state index contributed by atoms with van der Waals surface area (Å²) in [5.41, 5.74) is 3.22. The lowest BCUT2D eigenvalue weighted by Crippen LogP contribution is -2.29. The van der Waals surface area contributed by atoms with Gasteiger partial charge in [0.15, 0.2) is 0 Å². The van der Waals surface area contributed by atoms with Gasteiger partial charge in [0.1, 0.15) is 23.0 Å². The minimum Gasteiger partial charge on any atom is -0.458 e. The van der Waals surface area contributed by atoms with Crippen molar-refractivity contribution in [2.45, 2.75) is 44.8 Å². The lowest BCUT2D eigenvalue weighted by atomic mass is 10.1. The number of para-hydroxylation sites is 2. The highest BCUT2D eigenvalue weighted by Gasteiger charge is 2.17. The van der Waals surface area contributed by atoms with Crippen LogP contribution in [0.2, 0.25) is 0 Å². The second-order valence-electron chi connectivity index (χ2n) is 12.2. The Morgan fingerprint density at radius 1 is 0.500 bits per heavy atom. The molecule has 50 heavy (non-hydrogen) atoms. The van der Waals surface area contributed by atoms with Crippen LogP contribution in [0.4, 0.5) is 0 Å². The van der Waals surface area contributed by atoms with Gasteiger partial charge in [-0.1, -0.05) is 110 Å². The zero-order chi connectivity index (χ0) is 34.5. The van der Waals surface area contributed by atoms with Gasteiger partial charge in [-0.05, 0) is 78.9 Å². The lowest BCUT2D eigenvalue weighted by Gasteiger charge is -2.26. The molecule has 262 valence electrons. The molecule has 0 fully saturated rings. The first-order valence-electron chi connectivity index (χ1n) is 17.5. The fraction of sp³-hybridized carbons (Fsp3) is 0.302. The van der Waals surface area contributed by atoms with Gasteiger partial charge in [0.2, 0.25) is 13.6 Å². The highest BCUT2D eigenvalue weighted by atomic mass is 16.7. The summed E-state index contributed by atoms with van der Waals surface area (Å²) in [5, 5.41) is 11.6. The van der Waals surface area contributed by atoms with E-state index < -0.39 is 6.10 Å². The maximum Gasteiger partial charge on any atom is 0.230 e. The van der Waals surface area contributed by atoms with E-state index in [0.29, 0.717) is 35.1 Å². The second kappa shape index (κ2) is 21.3. The minimum atomic E-state index is -0.771. The van der Waals surface area contributed by atoms with Crippen molar-refractivity contribution < 1.29 is 28.8 Å². The Kier molecular flexibility index (Phi) is 15.5. The Balaban J connectivity index is 1.15. The molecule has 5 aromatic carbocycles. The Morgan fingerprint density at radius 3 is 1.58 bits per heavy atom. The summed E-state index contributed by atoms with van der Waals surface area (Å²) in [4.78, 5) is 2.32. The number of ether oxygens (including phenoxy) is 5. The summed E-state index contributed by atoms with van der Waals surface area (Å²) >= 11 is 0. The van der Waals surface area contributed by atoms with E-state index >= 15 is 0 Å². The Morgan fingerprint density at radius 2 is 1.00 bits per heavy atom. The summed E-state index contributed by atoms with van der Waals surface area (Å²) in [6.45, 7) is 3.65. The van der Waals surface area contributed by atoms with E-state index in [1.54, 1.807) is 6.07 Å². The van der Waals surface area contributed by atoms with Gasteiger partial charge < -0.3 is 28.8 Å². The van der Waals surface area contributed by atoms with Crippen molar-refractivity contribution in [3.8, 4) is 23.0 Å². The molecule has 7 heteroatoms. The first-order valence-corrected chi connectivity index (χ1v) is 17.5. The molecule has 1 N–H and O–H groups in total. The molecule has 0 aliphatic rings. The molecule has 0 saturated carbocycles. The smallest absolute Gasteiger partial charge is 0.230 e. The highest BCUT2D eigenvalue weighted by Crippen LogP contribution is 2.28. The van der Waals surface area contributed by atoms with Gasteiger partial charge in [-0.2, -0.15) is 0 Å². The van der Waals surface area contributed by atoms with Crippen LogP contribution in [0.3, 0.4) is 0 Å². The van der Waals surface area contributed by atoms with Gasteiger partial charge in [-0.15, -0.1) is 0 Å². The molecule has 0 aromatic heterocycles. The van der Waals surface area contributed by atoms with Crippen LogP contribution >= 0.6 is 0 Å². The van der Waals surface area contributed by atoms with E-state index in [-0.39, 0.29) is 13.6 Å². The Hall–Kier alpha value is -4.82. The second-order valence-corrected chi connectivity index (χ2v) is 12.2. The third kappa shape index (κ3) is 13.6. The normalized spacial score (nSPS) is 11.6. The summed E-state index contributed by atoms with van der Waals surface area (Å²) in [5.74, 6) is 2.49. The standard InChI is InChI=1S/C43H49NO6/c45-43(33-44(32-37-19-9-4-10-20-37)26-15-1-2-16-27-46-28-25-36-17-7-3-8-18-36)38-29-41(49-34-47-39-21-11-5-12-22-39)31-42(30-38)50-35-48-40-23-13-6-14-24-40/h3-14,17-24,29-31,43,45H,1-2,15-16,25-28,32-35H2. The molecule has 5 aromatic rings. The lowest BCUT2D eigenvalue weighted by molar-refractivity contribution is 0.101. The molecular weight excluding hydrogens is 626 g/mol. The number of hydrogen-bond acceptors (Lipinski definition) is 7. The molecule has 0 heterocycles. The first kappa shape index (κ1) is 36.5. The van der Waals surface area contributed by atoms with E-state index in [9.17, 15) is 5.11 Å². The molecule has 0 bridgehead atoms. The SMILES string of the molecule is OC(CN(CCCCCCOCCc1ccccc1)Cc1ccccc1)c1cc(OCOc2ccccc2)cc(OCOc2ccccc2)c1. The molecule has 0 aliphatic heterocycles. The van der Waals surface area contributed by atoms with Crippen molar-refractivity contribution in [2.24, 2.45) is 0 Å². The predicted molar refractivity (Wildman–Crippen MR) is 198 cm³/mol. The topological polar surface area (TPSA) is 69.6 Å². The van der Waals surface area contributed by atoms with E-state index in [0.717, 1.165) is 58.4 Å². The largest absolute Gasteiger partial charge is 0.458 e. The Labute approximate surface area is 297 Å². The van der Waals surface area contributed by atoms with Gasteiger partial charge in [-0.25, -0.2) is 0 Å². The van der Waals surface area contributed by atoms with Crippen LogP contribution in [0.25, 0.3) is 0 Å². The van der Waals surface area contributed by atoms with Crippen LogP contribution in [0.1, 0.15) is 48.5 Å². The molecule has 1 atom stereocenters. The highest BCUT2D eigenvalue weighted by molar-refractivity contribution is 5.39. The molecule has 0 amide bonds. The van der Waals surface area contributed by atoms with Gasteiger partial charge >= 0.3 is 0 Å². The van der Waals surface area contributed by atoms with Crippen LogP contribution in [0, 0.1) is 0 Å². The van der Waals surface area contributed by atoms with E-state index in [2.05, 4.69) is 53.4 Å². The number of aliphatic hydroxyl groups is 1. The maximum atomic E-state index is 11.6. The number of benzene rings is 5. The van der Waals surface area contributed by atoms with Crippen LogP contribution in [-0.4, -0.2) is 49.9 Å². The van der Waals surface area contributed by atoms with Gasteiger partial charge in [0.25, 0.3) is 0 Å². The first-order chi connectivity index (χ1) is 24.7. The van der Waals surface area contributed by atoms with Crippen molar-refractivity contribution in [1.82, 2.24) is 4.90 Å². The molecular formula is C43H49NO6. The maximum absolute atomic E-state index is 11.6. The predicted octanol–water partition coefficient (Wildman–Crippen LogP) is 8.87. The molecule has 0 saturated heterocycles. The summed E-state index contributed by atoms with van der Waals surface area (Å²) in [6.07, 6.45) is 4.48. The van der Waals surface area contributed by atoms with Crippen LogP contribution in [-0.2, 0) is 17.7 Å². The summed E-state index contributed by atoms with van der Waals surface area (Å²) in [6, 6.07) is 45.4. The van der Waals surface area contributed by atoms with Crippen molar-refractivity contribution in [2.75, 3.05) is 39.9 Å². The molecule has 0 aliphatic carbocycles. The van der Waals surface area contributed by atoms with Crippen molar-refractivity contribution in [3.63, 3.8) is 0 Å². The molecule has 1 unspecified atom stereocenters. The van der Waals surface area contributed by atoms with E-state index in [1.165, 1.54) is 11.1 Å². The number of hydrogen-bond donors (Lipinski definition) is 1. The zero-order valence-electron chi connectivity index (χ0n) is 28.8. The van der Waals surface area contributed by atoms with Gasteiger partial charge in [0, 0.05) is 25.8 Å².